The van der Waals surface area contributed by atoms with Gasteiger partial charge >= 0.3 is 0 Å². The highest BCUT2D eigenvalue weighted by Gasteiger charge is 2.14. The van der Waals surface area contributed by atoms with Crippen LogP contribution in [-0.2, 0) is 4.79 Å². The number of nitrogens with one attached hydrogen (secondary N) is 3. The van der Waals surface area contributed by atoms with E-state index >= 15 is 0 Å². The number of hydrogen-bond donors (Lipinski definition) is 4. The molecule has 0 bridgehead atoms. The van der Waals surface area contributed by atoms with Crippen LogP contribution >= 0.6 is 0 Å². The molecule has 0 unspecified atom stereocenters. The van der Waals surface area contributed by atoms with E-state index in [0.717, 1.165) is 0 Å². The van der Waals surface area contributed by atoms with Crippen molar-refractivity contribution < 1.29 is 9.59 Å². The Bertz CT molecular complexity index is 450. The van der Waals surface area contributed by atoms with Gasteiger partial charge in [0.05, 0.1) is 12.1 Å². The maximum atomic E-state index is 11.7. The monoisotopic (exact) mass is 265 g/mol. The second kappa shape index (κ2) is 6.14. The number of aromatic nitrogens is 1. The van der Waals surface area contributed by atoms with Crippen LogP contribution < -0.4 is 21.9 Å². The molecular weight excluding hydrogens is 246 g/mol. The van der Waals surface area contributed by atoms with Gasteiger partial charge in [0.15, 0.2) is 0 Å². The number of nitrogen functional groups attached to an aromatic ring is 1. The number of hydrazine groups is 1. The van der Waals surface area contributed by atoms with Crippen LogP contribution in [0.4, 0.5) is 5.82 Å². The van der Waals surface area contributed by atoms with Crippen LogP contribution in [0.1, 0.15) is 31.1 Å². The largest absolute Gasteiger partial charge is 0.350 e. The number of nitrogens with zero attached hydrogens (tertiary/aromatic N) is 1. The van der Waals surface area contributed by atoms with Gasteiger partial charge in [-0.15, -0.1) is 0 Å². The Kier molecular flexibility index (Phi) is 4.82. The van der Waals surface area contributed by atoms with E-state index in [4.69, 9.17) is 5.84 Å². The number of nitrogens with two attached hydrogens (primary N) is 1. The van der Waals surface area contributed by atoms with E-state index in [9.17, 15) is 9.59 Å². The topological polar surface area (TPSA) is 109 Å². The Morgan fingerprint density at radius 1 is 1.32 bits per heavy atom. The van der Waals surface area contributed by atoms with Crippen molar-refractivity contribution in [3.63, 3.8) is 0 Å². The molecule has 7 nitrogen and oxygen atoms in total. The van der Waals surface area contributed by atoms with Gasteiger partial charge in [0.25, 0.3) is 5.91 Å². The molecule has 0 aliphatic carbocycles. The zero-order chi connectivity index (χ0) is 14.5. The molecule has 0 aliphatic rings. The first-order valence-corrected chi connectivity index (χ1v) is 5.84. The molecule has 0 aliphatic heterocycles. The quantitative estimate of drug-likeness (QED) is 0.453. The molecule has 0 fully saturated rings. The second-order valence-electron chi connectivity index (χ2n) is 5.06. The minimum atomic E-state index is -0.361. The molecular formula is C12H19N5O2. The third-order valence-electron chi connectivity index (χ3n) is 2.10. The summed E-state index contributed by atoms with van der Waals surface area (Å²) in [6.07, 6.45) is 1.38. The van der Waals surface area contributed by atoms with Crippen molar-refractivity contribution >= 4 is 17.6 Å². The molecule has 1 aromatic heterocycles. The van der Waals surface area contributed by atoms with Gasteiger partial charge in [-0.3, -0.25) is 9.59 Å². The van der Waals surface area contributed by atoms with E-state index in [1.54, 1.807) is 12.1 Å². The summed E-state index contributed by atoms with van der Waals surface area (Å²) >= 11 is 0. The predicted octanol–water partition coefficient (Wildman–Crippen LogP) is 0.0117. The minimum Gasteiger partial charge on any atom is -0.350 e. The molecule has 0 saturated carbocycles. The number of pyridine rings is 1. The number of carbonyl (C=O) groups excluding carboxylic acids is 2. The Hall–Kier alpha value is -2.15. The molecule has 7 heteroatoms. The van der Waals surface area contributed by atoms with E-state index in [0.29, 0.717) is 11.4 Å². The van der Waals surface area contributed by atoms with E-state index in [-0.39, 0.29) is 23.9 Å². The summed E-state index contributed by atoms with van der Waals surface area (Å²) in [4.78, 5) is 27.2. The molecule has 1 heterocycles. The molecule has 1 rings (SSSR count). The van der Waals surface area contributed by atoms with Crippen molar-refractivity contribution in [1.82, 2.24) is 15.6 Å². The van der Waals surface area contributed by atoms with Crippen molar-refractivity contribution in [3.05, 3.63) is 23.9 Å². The van der Waals surface area contributed by atoms with Crippen LogP contribution in [0.5, 0.6) is 0 Å². The number of rotatable bonds is 4. The molecule has 0 radical (unpaired) electrons. The summed E-state index contributed by atoms with van der Waals surface area (Å²) in [5.74, 6) is 5.02. The van der Waals surface area contributed by atoms with Crippen LogP contribution in [0.2, 0.25) is 0 Å². The third-order valence-corrected chi connectivity index (χ3v) is 2.10. The van der Waals surface area contributed by atoms with Crippen molar-refractivity contribution in [2.24, 2.45) is 5.84 Å². The fourth-order valence-electron chi connectivity index (χ4n) is 1.34. The van der Waals surface area contributed by atoms with Gasteiger partial charge in [-0.2, -0.15) is 0 Å². The maximum absolute atomic E-state index is 11.7. The van der Waals surface area contributed by atoms with Crippen LogP contribution in [0.25, 0.3) is 0 Å². The van der Waals surface area contributed by atoms with Crippen LogP contribution in [0.3, 0.4) is 0 Å². The molecule has 5 N–H and O–H groups in total. The minimum absolute atomic E-state index is 0.0764. The maximum Gasteiger partial charge on any atom is 0.253 e. The number of hydrogen-bond acceptors (Lipinski definition) is 5. The van der Waals surface area contributed by atoms with Gasteiger partial charge in [0, 0.05) is 11.7 Å². The smallest absolute Gasteiger partial charge is 0.253 e. The summed E-state index contributed by atoms with van der Waals surface area (Å²) in [6, 6.07) is 3.14. The van der Waals surface area contributed by atoms with E-state index in [2.05, 4.69) is 21.0 Å². The lowest BCUT2D eigenvalue weighted by Crippen LogP contribution is -2.45. The molecule has 0 aromatic carbocycles. The Morgan fingerprint density at radius 2 is 2.00 bits per heavy atom. The summed E-state index contributed by atoms with van der Waals surface area (Å²) in [7, 11) is 0. The number of amides is 2. The van der Waals surface area contributed by atoms with Crippen molar-refractivity contribution in [1.29, 1.82) is 0 Å². The average molecular weight is 265 g/mol. The van der Waals surface area contributed by atoms with Crippen molar-refractivity contribution in [2.45, 2.75) is 26.3 Å². The molecule has 104 valence electrons. The highest BCUT2D eigenvalue weighted by Crippen LogP contribution is 2.03. The predicted molar refractivity (Wildman–Crippen MR) is 72.3 cm³/mol. The fourth-order valence-corrected chi connectivity index (χ4v) is 1.34. The fraction of sp³-hybridized carbons (Fsp3) is 0.417. The molecule has 19 heavy (non-hydrogen) atoms. The lowest BCUT2D eigenvalue weighted by Gasteiger charge is -2.20. The first kappa shape index (κ1) is 14.9. The first-order valence-electron chi connectivity index (χ1n) is 5.84. The highest BCUT2D eigenvalue weighted by atomic mass is 16.2. The van der Waals surface area contributed by atoms with Gasteiger partial charge in [0.1, 0.15) is 5.82 Å². The average Bonchev–Trinajstić information content (AvgIpc) is 2.34. The Morgan fingerprint density at radius 3 is 2.47 bits per heavy atom. The van der Waals surface area contributed by atoms with Crippen LogP contribution in [0, 0.1) is 0 Å². The Balaban J connectivity index is 2.49. The normalized spacial score (nSPS) is 10.7. The van der Waals surface area contributed by atoms with Crippen molar-refractivity contribution in [3.8, 4) is 0 Å². The molecule has 0 saturated heterocycles. The third kappa shape index (κ3) is 5.35. The summed E-state index contributed by atoms with van der Waals surface area (Å²) < 4.78 is 0. The van der Waals surface area contributed by atoms with Gasteiger partial charge in [-0.1, -0.05) is 0 Å². The molecule has 2 amide bonds. The number of anilines is 1. The zero-order valence-corrected chi connectivity index (χ0v) is 11.3. The summed E-state index contributed by atoms with van der Waals surface area (Å²) in [5, 5.41) is 5.26. The molecule has 1 aromatic rings. The van der Waals surface area contributed by atoms with E-state index in [1.807, 2.05) is 20.8 Å². The van der Waals surface area contributed by atoms with Crippen LogP contribution in [-0.4, -0.2) is 28.9 Å². The standard InChI is InChI=1S/C12H19N5O2/c1-12(2,3)16-10(18)7-15-11(19)8-4-5-9(17-13)14-6-8/h4-6H,7,13H2,1-3H3,(H,14,17)(H,15,19)(H,16,18). The summed E-state index contributed by atoms with van der Waals surface area (Å²) in [5.41, 5.74) is 2.40. The lowest BCUT2D eigenvalue weighted by molar-refractivity contribution is -0.121. The molecule has 0 spiro atoms. The van der Waals surface area contributed by atoms with Gasteiger partial charge in [0.2, 0.25) is 5.91 Å². The molecule has 0 atom stereocenters. The van der Waals surface area contributed by atoms with Crippen molar-refractivity contribution in [2.75, 3.05) is 12.0 Å². The van der Waals surface area contributed by atoms with E-state index in [1.165, 1.54) is 6.20 Å². The lowest BCUT2D eigenvalue weighted by atomic mass is 10.1. The Labute approximate surface area is 111 Å². The first-order chi connectivity index (χ1) is 8.81. The second-order valence-corrected chi connectivity index (χ2v) is 5.06. The van der Waals surface area contributed by atoms with Gasteiger partial charge in [-0.25, -0.2) is 10.8 Å². The number of carbonyl (C=O) groups is 2. The van der Waals surface area contributed by atoms with Crippen LogP contribution in [0.15, 0.2) is 18.3 Å². The van der Waals surface area contributed by atoms with E-state index < -0.39 is 0 Å². The SMILES string of the molecule is CC(C)(C)NC(=O)CNC(=O)c1ccc(NN)nc1. The van der Waals surface area contributed by atoms with Gasteiger partial charge in [-0.05, 0) is 32.9 Å². The van der Waals surface area contributed by atoms with Gasteiger partial charge < -0.3 is 16.1 Å². The highest BCUT2D eigenvalue weighted by molar-refractivity contribution is 5.96. The zero-order valence-electron chi connectivity index (χ0n) is 11.3. The summed E-state index contributed by atoms with van der Waals surface area (Å²) in [6.45, 7) is 5.53.